The van der Waals surface area contributed by atoms with Gasteiger partial charge in [0, 0.05) is 7.11 Å². The second-order valence-electron chi connectivity index (χ2n) is 3.21. The third-order valence-electron chi connectivity index (χ3n) is 1.91. The van der Waals surface area contributed by atoms with Crippen molar-refractivity contribution < 1.29 is 19.1 Å². The molecule has 0 saturated heterocycles. The molecule has 1 aromatic rings. The van der Waals surface area contributed by atoms with E-state index in [2.05, 4.69) is 4.99 Å². The zero-order chi connectivity index (χ0) is 13.7. The number of amidine groups is 1. The lowest BCUT2D eigenvalue weighted by Crippen LogP contribution is -2.18. The summed E-state index contributed by atoms with van der Waals surface area (Å²) < 4.78 is 9.46. The lowest BCUT2D eigenvalue weighted by Gasteiger charge is -2.08. The van der Waals surface area contributed by atoms with Gasteiger partial charge in [-0.25, -0.2) is 4.79 Å². The van der Waals surface area contributed by atoms with Gasteiger partial charge in [-0.2, -0.15) is 4.99 Å². The monoisotopic (exact) mass is 271 g/mol. The highest BCUT2D eigenvalue weighted by Gasteiger charge is 2.11. The smallest absolute Gasteiger partial charge is 0.418 e. The van der Waals surface area contributed by atoms with Gasteiger partial charge in [0.2, 0.25) is 6.29 Å². The molecule has 4 N–H and O–H groups in total. The van der Waals surface area contributed by atoms with Crippen LogP contribution in [0.25, 0.3) is 0 Å². The van der Waals surface area contributed by atoms with Crippen molar-refractivity contribution >= 4 is 29.2 Å². The number of hydrogen-bond donors (Lipinski definition) is 2. The van der Waals surface area contributed by atoms with Crippen molar-refractivity contribution in [1.29, 1.82) is 0 Å². The fraction of sp³-hybridized carbons (Fsp3) is 0.300. The third-order valence-corrected chi connectivity index (χ3v) is 3.03. The molecular formula is C10H13N3O4S. The van der Waals surface area contributed by atoms with Gasteiger partial charge in [-0.3, -0.25) is 4.79 Å². The number of rotatable bonds is 4. The van der Waals surface area contributed by atoms with Crippen molar-refractivity contribution in [3.63, 3.8) is 0 Å². The number of amides is 2. The van der Waals surface area contributed by atoms with Gasteiger partial charge in [-0.15, -0.1) is 11.3 Å². The van der Waals surface area contributed by atoms with Gasteiger partial charge in [-0.05, 0) is 19.1 Å². The van der Waals surface area contributed by atoms with Crippen LogP contribution in [0.15, 0.2) is 17.1 Å². The van der Waals surface area contributed by atoms with E-state index < -0.39 is 18.3 Å². The Balaban J connectivity index is 2.76. The number of aliphatic imine (C=N–C) groups is 1. The summed E-state index contributed by atoms with van der Waals surface area (Å²) in [5.74, 6) is -0.601. The Bertz CT molecular complexity index is 483. The number of carbonyl (C=O) groups excluding carboxylic acids is 2. The maximum Gasteiger partial charge on any atom is 0.437 e. The van der Waals surface area contributed by atoms with Gasteiger partial charge in [0.1, 0.15) is 5.84 Å². The van der Waals surface area contributed by atoms with Crippen LogP contribution in [0.3, 0.4) is 0 Å². The van der Waals surface area contributed by atoms with E-state index in [1.165, 1.54) is 13.2 Å². The van der Waals surface area contributed by atoms with Crippen LogP contribution in [0.2, 0.25) is 0 Å². The Hall–Kier alpha value is -1.93. The predicted molar refractivity (Wildman–Crippen MR) is 66.5 cm³/mol. The molecule has 0 aliphatic carbocycles. The summed E-state index contributed by atoms with van der Waals surface area (Å²) in [6.45, 7) is 1.54. The van der Waals surface area contributed by atoms with E-state index in [0.29, 0.717) is 9.75 Å². The zero-order valence-electron chi connectivity index (χ0n) is 9.88. The van der Waals surface area contributed by atoms with Crippen LogP contribution in [0.4, 0.5) is 4.79 Å². The standard InChI is InChI=1S/C10H13N3O4S/c1-5(16-2)17-10(15)13-8(11)6-3-4-7(18-6)9(12)14/h3-5H,1-2H3,(H2,12,14)(H2,11,13,15). The van der Waals surface area contributed by atoms with Crippen molar-refractivity contribution in [1.82, 2.24) is 0 Å². The minimum absolute atomic E-state index is 0.0409. The maximum atomic E-state index is 11.3. The number of ether oxygens (including phenoxy) is 2. The molecule has 0 aliphatic heterocycles. The van der Waals surface area contributed by atoms with Crippen LogP contribution in [0.5, 0.6) is 0 Å². The fourth-order valence-electron chi connectivity index (χ4n) is 0.978. The molecule has 0 saturated carbocycles. The quantitative estimate of drug-likeness (QED) is 0.474. The number of hydrogen-bond acceptors (Lipinski definition) is 5. The van der Waals surface area contributed by atoms with Gasteiger partial charge in [0.25, 0.3) is 5.91 Å². The number of thiophene rings is 1. The van der Waals surface area contributed by atoms with Gasteiger partial charge in [0.05, 0.1) is 9.75 Å². The summed E-state index contributed by atoms with van der Waals surface area (Å²) in [7, 11) is 1.39. The first-order chi connectivity index (χ1) is 8.43. The lowest BCUT2D eigenvalue weighted by molar-refractivity contribution is -0.0643. The minimum atomic E-state index is -0.865. The second-order valence-corrected chi connectivity index (χ2v) is 4.30. The Labute approximate surface area is 107 Å². The SMILES string of the molecule is COC(C)OC(=O)N=C(N)c1ccc(C(N)=O)s1. The molecule has 2 amide bonds. The normalized spacial score (nSPS) is 13.1. The van der Waals surface area contributed by atoms with E-state index in [-0.39, 0.29) is 5.84 Å². The largest absolute Gasteiger partial charge is 0.437 e. The molecule has 1 aromatic heterocycles. The highest BCUT2D eigenvalue weighted by molar-refractivity contribution is 7.16. The highest BCUT2D eigenvalue weighted by Crippen LogP contribution is 2.15. The molecule has 1 rings (SSSR count). The van der Waals surface area contributed by atoms with Crippen LogP contribution in [0.1, 0.15) is 21.5 Å². The first kappa shape index (κ1) is 14.1. The summed E-state index contributed by atoms with van der Waals surface area (Å²) >= 11 is 1.05. The molecule has 98 valence electrons. The number of primary amides is 1. The Morgan fingerprint density at radius 1 is 1.33 bits per heavy atom. The topological polar surface area (TPSA) is 117 Å². The number of nitrogens with two attached hydrogens (primary N) is 2. The molecule has 0 bridgehead atoms. The van der Waals surface area contributed by atoms with Crippen molar-refractivity contribution in [2.24, 2.45) is 16.5 Å². The van der Waals surface area contributed by atoms with Crippen molar-refractivity contribution in [3.05, 3.63) is 21.9 Å². The Morgan fingerprint density at radius 2 is 1.94 bits per heavy atom. The molecule has 0 aromatic carbocycles. The van der Waals surface area contributed by atoms with Gasteiger partial charge in [-0.1, -0.05) is 0 Å². The summed E-state index contributed by atoms with van der Waals surface area (Å²) in [5.41, 5.74) is 10.7. The summed E-state index contributed by atoms with van der Waals surface area (Å²) in [6, 6.07) is 3.06. The van der Waals surface area contributed by atoms with Gasteiger partial charge < -0.3 is 20.9 Å². The molecule has 8 heteroatoms. The molecule has 0 spiro atoms. The van der Waals surface area contributed by atoms with E-state index in [1.807, 2.05) is 0 Å². The van der Waals surface area contributed by atoms with Gasteiger partial charge in [0.15, 0.2) is 0 Å². The molecule has 0 radical (unpaired) electrons. The summed E-state index contributed by atoms with van der Waals surface area (Å²) in [6.07, 6.45) is -1.57. The van der Waals surface area contributed by atoms with Crippen LogP contribution in [-0.4, -0.2) is 31.2 Å². The molecular weight excluding hydrogens is 258 g/mol. The van der Waals surface area contributed by atoms with Crippen molar-refractivity contribution in [2.75, 3.05) is 7.11 Å². The van der Waals surface area contributed by atoms with Gasteiger partial charge >= 0.3 is 6.09 Å². The van der Waals surface area contributed by atoms with Crippen molar-refractivity contribution in [2.45, 2.75) is 13.2 Å². The predicted octanol–water partition coefficient (Wildman–Crippen LogP) is 0.681. The minimum Gasteiger partial charge on any atom is -0.418 e. The highest BCUT2D eigenvalue weighted by atomic mass is 32.1. The summed E-state index contributed by atoms with van der Waals surface area (Å²) in [5, 5.41) is 0. The lowest BCUT2D eigenvalue weighted by atomic mass is 10.4. The molecule has 1 heterocycles. The number of nitrogens with zero attached hydrogens (tertiary/aromatic N) is 1. The third kappa shape index (κ3) is 3.82. The fourth-order valence-corrected chi connectivity index (χ4v) is 1.74. The zero-order valence-corrected chi connectivity index (χ0v) is 10.7. The molecule has 0 fully saturated rings. The average Bonchev–Trinajstić information content (AvgIpc) is 2.77. The number of carbonyl (C=O) groups is 2. The van der Waals surface area contributed by atoms with E-state index >= 15 is 0 Å². The Morgan fingerprint density at radius 3 is 2.44 bits per heavy atom. The molecule has 18 heavy (non-hydrogen) atoms. The number of methoxy groups -OCH3 is 1. The molecule has 7 nitrogen and oxygen atoms in total. The van der Waals surface area contributed by atoms with Crippen LogP contribution in [0, 0.1) is 0 Å². The summed E-state index contributed by atoms with van der Waals surface area (Å²) in [4.78, 5) is 26.5. The molecule has 1 atom stereocenters. The first-order valence-corrected chi connectivity index (χ1v) is 5.73. The second kappa shape index (κ2) is 6.12. The van der Waals surface area contributed by atoms with E-state index in [1.54, 1.807) is 13.0 Å². The average molecular weight is 271 g/mol. The van der Waals surface area contributed by atoms with Crippen LogP contribution in [-0.2, 0) is 9.47 Å². The van der Waals surface area contributed by atoms with Crippen molar-refractivity contribution in [3.8, 4) is 0 Å². The van der Waals surface area contributed by atoms with Crippen LogP contribution >= 0.6 is 11.3 Å². The van der Waals surface area contributed by atoms with Crippen LogP contribution < -0.4 is 11.5 Å². The first-order valence-electron chi connectivity index (χ1n) is 4.91. The maximum absolute atomic E-state index is 11.3. The Kier molecular flexibility index (Phi) is 4.81. The van der Waals surface area contributed by atoms with E-state index in [9.17, 15) is 9.59 Å². The molecule has 0 aliphatic rings. The molecule has 1 unspecified atom stereocenters. The van der Waals surface area contributed by atoms with E-state index in [4.69, 9.17) is 20.9 Å². The van der Waals surface area contributed by atoms with E-state index in [0.717, 1.165) is 11.3 Å².